The maximum atomic E-state index is 10.0. The first-order valence-corrected chi connectivity index (χ1v) is 6.86. The van der Waals surface area contributed by atoms with Crippen LogP contribution in [0, 0.1) is 0 Å². The number of nitrogens with one attached hydrogen (secondary N) is 1. The van der Waals surface area contributed by atoms with Crippen molar-refractivity contribution in [2.45, 2.75) is 13.0 Å². The molecule has 2 N–H and O–H groups in total. The van der Waals surface area contributed by atoms with E-state index in [1.807, 2.05) is 6.92 Å². The van der Waals surface area contributed by atoms with Gasteiger partial charge in [0.25, 0.3) is 0 Å². The van der Waals surface area contributed by atoms with Crippen LogP contribution in [0.1, 0.15) is 18.5 Å². The van der Waals surface area contributed by atoms with Crippen molar-refractivity contribution in [3.05, 3.63) is 52.0 Å². The number of phenols is 1. The molecule has 0 aliphatic carbocycles. The highest BCUT2D eigenvalue weighted by atomic mass is 35.5. The molecule has 5 heteroatoms. The van der Waals surface area contributed by atoms with E-state index in [-0.39, 0.29) is 11.8 Å². The number of hydrogen-bond donors (Lipinski definition) is 2. The van der Waals surface area contributed by atoms with Crippen molar-refractivity contribution in [3.8, 4) is 11.5 Å². The predicted octanol–water partition coefficient (Wildman–Crippen LogP) is 4.88. The lowest BCUT2D eigenvalue weighted by Crippen LogP contribution is -2.07. The smallest absolute Gasteiger partial charge is 0.124 e. The molecule has 1 atom stereocenters. The number of rotatable bonds is 4. The van der Waals surface area contributed by atoms with Gasteiger partial charge in [-0.2, -0.15) is 0 Å². The molecule has 0 amide bonds. The molecule has 3 nitrogen and oxygen atoms in total. The maximum absolute atomic E-state index is 10.0. The fourth-order valence-corrected chi connectivity index (χ4v) is 2.45. The molecule has 0 aromatic heterocycles. The van der Waals surface area contributed by atoms with E-state index in [1.54, 1.807) is 43.5 Å². The van der Waals surface area contributed by atoms with E-state index in [0.717, 1.165) is 5.56 Å². The minimum atomic E-state index is -0.154. The van der Waals surface area contributed by atoms with Gasteiger partial charge in [0, 0.05) is 11.6 Å². The lowest BCUT2D eigenvalue weighted by atomic mass is 10.1. The molecule has 2 rings (SSSR count). The molecule has 0 heterocycles. The van der Waals surface area contributed by atoms with Crippen molar-refractivity contribution in [2.75, 3.05) is 12.4 Å². The lowest BCUT2D eigenvalue weighted by molar-refractivity contribution is 0.406. The number of halogens is 2. The zero-order valence-corrected chi connectivity index (χ0v) is 12.7. The van der Waals surface area contributed by atoms with Crippen LogP contribution in [0.4, 0.5) is 5.69 Å². The van der Waals surface area contributed by atoms with Crippen molar-refractivity contribution < 1.29 is 9.84 Å². The molecular formula is C15H15Cl2NO2. The summed E-state index contributed by atoms with van der Waals surface area (Å²) in [5.41, 5.74) is 1.39. The molecule has 0 saturated carbocycles. The van der Waals surface area contributed by atoms with Crippen LogP contribution >= 0.6 is 23.2 Å². The van der Waals surface area contributed by atoms with Gasteiger partial charge in [-0.1, -0.05) is 29.3 Å². The van der Waals surface area contributed by atoms with Crippen LogP contribution in [-0.4, -0.2) is 12.2 Å². The van der Waals surface area contributed by atoms with Gasteiger partial charge in [-0.05, 0) is 31.2 Å². The number of anilines is 1. The number of benzene rings is 2. The highest BCUT2D eigenvalue weighted by Crippen LogP contribution is 2.35. The Morgan fingerprint density at radius 2 is 1.80 bits per heavy atom. The van der Waals surface area contributed by atoms with Crippen LogP contribution in [-0.2, 0) is 0 Å². The summed E-state index contributed by atoms with van der Waals surface area (Å²) < 4.78 is 5.06. The highest BCUT2D eigenvalue weighted by molar-refractivity contribution is 6.39. The van der Waals surface area contributed by atoms with E-state index in [4.69, 9.17) is 27.9 Å². The summed E-state index contributed by atoms with van der Waals surface area (Å²) in [7, 11) is 1.56. The zero-order valence-electron chi connectivity index (χ0n) is 11.2. The van der Waals surface area contributed by atoms with Crippen LogP contribution < -0.4 is 10.1 Å². The van der Waals surface area contributed by atoms with Gasteiger partial charge in [0.2, 0.25) is 0 Å². The normalized spacial score (nSPS) is 12.0. The molecule has 0 bridgehead atoms. The number of ether oxygens (including phenoxy) is 1. The van der Waals surface area contributed by atoms with Gasteiger partial charge in [-0.25, -0.2) is 0 Å². The van der Waals surface area contributed by atoms with Gasteiger partial charge in [0.1, 0.15) is 11.5 Å². The van der Waals surface area contributed by atoms with E-state index in [0.29, 0.717) is 21.5 Å². The molecule has 20 heavy (non-hydrogen) atoms. The molecule has 0 fully saturated rings. The largest absolute Gasteiger partial charge is 0.507 e. The summed E-state index contributed by atoms with van der Waals surface area (Å²) in [6.45, 7) is 1.92. The maximum Gasteiger partial charge on any atom is 0.124 e. The molecular weight excluding hydrogens is 297 g/mol. The van der Waals surface area contributed by atoms with Crippen molar-refractivity contribution in [2.24, 2.45) is 0 Å². The first kappa shape index (κ1) is 14.8. The van der Waals surface area contributed by atoms with Crippen molar-refractivity contribution >= 4 is 28.9 Å². The Morgan fingerprint density at radius 3 is 2.35 bits per heavy atom. The van der Waals surface area contributed by atoms with Crippen LogP contribution in [0.25, 0.3) is 0 Å². The topological polar surface area (TPSA) is 41.5 Å². The Balaban J connectivity index is 2.26. The molecule has 0 saturated heterocycles. The SMILES string of the molecule is COc1ccc(C(C)Nc2c(Cl)cccc2Cl)c(O)c1. The minimum absolute atomic E-state index is 0.154. The summed E-state index contributed by atoms with van der Waals surface area (Å²) in [5, 5.41) is 14.3. The van der Waals surface area contributed by atoms with Gasteiger partial charge in [0.05, 0.1) is 28.9 Å². The predicted molar refractivity (Wildman–Crippen MR) is 83.2 cm³/mol. The summed E-state index contributed by atoms with van der Waals surface area (Å²) in [6, 6.07) is 10.3. The van der Waals surface area contributed by atoms with Gasteiger partial charge in [0.15, 0.2) is 0 Å². The van der Waals surface area contributed by atoms with Crippen LogP contribution in [0.5, 0.6) is 11.5 Å². The molecule has 106 valence electrons. The minimum Gasteiger partial charge on any atom is -0.507 e. The number of phenolic OH excluding ortho intramolecular Hbond substituents is 1. The molecule has 0 aliphatic rings. The third-order valence-corrected chi connectivity index (χ3v) is 3.66. The average Bonchev–Trinajstić information content (AvgIpc) is 2.42. The van der Waals surface area contributed by atoms with Crippen LogP contribution in [0.3, 0.4) is 0 Å². The molecule has 0 aliphatic heterocycles. The Morgan fingerprint density at radius 1 is 1.15 bits per heavy atom. The summed E-state index contributed by atoms with van der Waals surface area (Å²) >= 11 is 12.2. The van der Waals surface area contributed by atoms with Gasteiger partial charge in [-0.3, -0.25) is 0 Å². The molecule has 0 radical (unpaired) electrons. The van der Waals surface area contributed by atoms with E-state index < -0.39 is 0 Å². The van der Waals surface area contributed by atoms with E-state index >= 15 is 0 Å². The molecule has 1 unspecified atom stereocenters. The number of aromatic hydroxyl groups is 1. The van der Waals surface area contributed by atoms with Crippen LogP contribution in [0.15, 0.2) is 36.4 Å². The fraction of sp³-hybridized carbons (Fsp3) is 0.200. The van der Waals surface area contributed by atoms with Gasteiger partial charge < -0.3 is 15.2 Å². The number of methoxy groups -OCH3 is 1. The van der Waals surface area contributed by atoms with E-state index in [9.17, 15) is 5.11 Å². The first-order valence-electron chi connectivity index (χ1n) is 6.10. The Kier molecular flexibility index (Phi) is 4.63. The van der Waals surface area contributed by atoms with Crippen molar-refractivity contribution in [1.82, 2.24) is 0 Å². The number of hydrogen-bond acceptors (Lipinski definition) is 3. The molecule has 2 aromatic carbocycles. The van der Waals surface area contributed by atoms with E-state index in [2.05, 4.69) is 5.32 Å². The standard InChI is InChI=1S/C15H15Cl2NO2/c1-9(11-7-6-10(20-2)8-14(11)19)18-15-12(16)4-3-5-13(15)17/h3-9,18-19H,1-2H3. The van der Waals surface area contributed by atoms with Gasteiger partial charge >= 0.3 is 0 Å². The summed E-state index contributed by atoms with van der Waals surface area (Å²) in [4.78, 5) is 0. The quantitative estimate of drug-likeness (QED) is 0.845. The summed E-state index contributed by atoms with van der Waals surface area (Å²) in [5.74, 6) is 0.766. The number of para-hydroxylation sites is 1. The monoisotopic (exact) mass is 311 g/mol. The van der Waals surface area contributed by atoms with Crippen molar-refractivity contribution in [3.63, 3.8) is 0 Å². The first-order chi connectivity index (χ1) is 9.52. The second-order valence-corrected chi connectivity index (χ2v) is 5.20. The highest BCUT2D eigenvalue weighted by Gasteiger charge is 2.14. The van der Waals surface area contributed by atoms with Crippen LogP contribution in [0.2, 0.25) is 10.0 Å². The molecule has 0 spiro atoms. The lowest BCUT2D eigenvalue weighted by Gasteiger charge is -2.19. The van der Waals surface area contributed by atoms with Crippen molar-refractivity contribution in [1.29, 1.82) is 0 Å². The van der Waals surface area contributed by atoms with E-state index in [1.165, 1.54) is 0 Å². The third-order valence-electron chi connectivity index (χ3n) is 3.03. The molecule has 2 aromatic rings. The van der Waals surface area contributed by atoms with Gasteiger partial charge in [-0.15, -0.1) is 0 Å². The second kappa shape index (κ2) is 6.25. The average molecular weight is 312 g/mol. The fourth-order valence-electron chi connectivity index (χ4n) is 1.95. The third kappa shape index (κ3) is 3.11. The Hall–Kier alpha value is -1.58. The Bertz CT molecular complexity index is 597. The summed E-state index contributed by atoms with van der Waals surface area (Å²) in [6.07, 6.45) is 0. The zero-order chi connectivity index (χ0) is 14.7. The second-order valence-electron chi connectivity index (χ2n) is 4.39. The Labute approximate surface area is 128 Å².